The van der Waals surface area contributed by atoms with Crippen LogP contribution in [-0.2, 0) is 11.2 Å². The maximum absolute atomic E-state index is 10.0. The molecule has 3 rings (SSSR count). The molecular formula is C20H30N2O5. The van der Waals surface area contributed by atoms with Crippen molar-refractivity contribution < 1.29 is 24.8 Å². The summed E-state index contributed by atoms with van der Waals surface area (Å²) in [6.45, 7) is 4.89. The molecule has 0 spiro atoms. The number of aliphatic hydroxyl groups is 3. The van der Waals surface area contributed by atoms with Crippen molar-refractivity contribution in [2.24, 2.45) is 0 Å². The van der Waals surface area contributed by atoms with Crippen molar-refractivity contribution in [1.29, 1.82) is 0 Å². The van der Waals surface area contributed by atoms with E-state index >= 15 is 0 Å². The molecule has 0 aliphatic carbocycles. The van der Waals surface area contributed by atoms with Gasteiger partial charge in [0.25, 0.3) is 0 Å². The van der Waals surface area contributed by atoms with Crippen molar-refractivity contribution in [2.45, 2.75) is 57.3 Å². The van der Waals surface area contributed by atoms with Crippen molar-refractivity contribution in [1.82, 2.24) is 9.88 Å². The van der Waals surface area contributed by atoms with E-state index in [9.17, 15) is 15.3 Å². The molecular weight excluding hydrogens is 348 g/mol. The van der Waals surface area contributed by atoms with Gasteiger partial charge in [-0.05, 0) is 45.0 Å². The van der Waals surface area contributed by atoms with E-state index < -0.39 is 24.6 Å². The van der Waals surface area contributed by atoms with Gasteiger partial charge in [0.2, 0.25) is 6.29 Å². The SMILES string of the molecule is CC(C)N(C)CCc1c[nH]c2cccc(OC3C[C@@H](O)[C@H](O)[C@@H](CO)O3)c12. The molecule has 1 unspecified atom stereocenters. The van der Waals surface area contributed by atoms with Crippen molar-refractivity contribution in [2.75, 3.05) is 20.2 Å². The standard InChI is InChI=1S/C20H30N2O5/c1-12(2)22(3)8-7-13-10-21-14-5-4-6-16(19(13)14)26-18-9-15(24)20(25)17(11-23)27-18/h4-6,10,12,15,17-18,20-21,23-25H,7-9,11H2,1-3H3/t15-,17-,18?,20+/m1/s1. The molecule has 0 radical (unpaired) electrons. The number of likely N-dealkylation sites (N-methyl/N-ethyl adjacent to an activating group) is 1. The minimum atomic E-state index is -1.11. The molecule has 4 N–H and O–H groups in total. The van der Waals surface area contributed by atoms with E-state index in [0.717, 1.165) is 29.4 Å². The molecule has 1 aromatic carbocycles. The van der Waals surface area contributed by atoms with Gasteiger partial charge in [-0.15, -0.1) is 0 Å². The predicted molar refractivity (Wildman–Crippen MR) is 103 cm³/mol. The lowest BCUT2D eigenvalue weighted by Crippen LogP contribution is -2.51. The second-order valence-corrected chi connectivity index (χ2v) is 7.52. The van der Waals surface area contributed by atoms with Crippen LogP contribution >= 0.6 is 0 Å². The zero-order chi connectivity index (χ0) is 19.6. The molecule has 0 bridgehead atoms. The molecule has 1 aliphatic rings. The first-order chi connectivity index (χ1) is 12.9. The highest BCUT2D eigenvalue weighted by Crippen LogP contribution is 2.32. The number of hydrogen-bond donors (Lipinski definition) is 4. The van der Waals surface area contributed by atoms with E-state index in [1.54, 1.807) is 0 Å². The second-order valence-electron chi connectivity index (χ2n) is 7.52. The molecule has 150 valence electrons. The summed E-state index contributed by atoms with van der Waals surface area (Å²) in [5, 5.41) is 30.2. The van der Waals surface area contributed by atoms with Crippen LogP contribution in [0.5, 0.6) is 5.75 Å². The minimum absolute atomic E-state index is 0.143. The van der Waals surface area contributed by atoms with Gasteiger partial charge in [0, 0.05) is 36.1 Å². The van der Waals surface area contributed by atoms with Gasteiger partial charge in [-0.25, -0.2) is 0 Å². The van der Waals surface area contributed by atoms with Gasteiger partial charge in [0.15, 0.2) is 0 Å². The molecule has 1 aliphatic heterocycles. The van der Waals surface area contributed by atoms with E-state index in [4.69, 9.17) is 9.47 Å². The van der Waals surface area contributed by atoms with Crippen molar-refractivity contribution in [3.8, 4) is 5.75 Å². The maximum atomic E-state index is 10.0. The lowest BCUT2D eigenvalue weighted by atomic mass is 10.0. The number of nitrogens with one attached hydrogen (secondary N) is 1. The van der Waals surface area contributed by atoms with Crippen LogP contribution in [-0.4, -0.2) is 76.0 Å². The first-order valence-electron chi connectivity index (χ1n) is 9.49. The first kappa shape index (κ1) is 20.1. The molecule has 0 saturated carbocycles. The highest BCUT2D eigenvalue weighted by atomic mass is 16.7. The summed E-state index contributed by atoms with van der Waals surface area (Å²) in [7, 11) is 2.11. The lowest BCUT2D eigenvalue weighted by molar-refractivity contribution is -0.229. The number of hydrogen-bond acceptors (Lipinski definition) is 6. The summed E-state index contributed by atoms with van der Waals surface area (Å²) >= 11 is 0. The number of rotatable bonds is 7. The van der Waals surface area contributed by atoms with Gasteiger partial charge < -0.3 is 34.7 Å². The lowest BCUT2D eigenvalue weighted by Gasteiger charge is -2.36. The van der Waals surface area contributed by atoms with E-state index in [2.05, 4.69) is 30.8 Å². The second kappa shape index (κ2) is 8.58. The van der Waals surface area contributed by atoms with Crippen LogP contribution in [0.4, 0.5) is 0 Å². The monoisotopic (exact) mass is 378 g/mol. The average Bonchev–Trinajstić information content (AvgIpc) is 3.06. The maximum Gasteiger partial charge on any atom is 0.202 e. The van der Waals surface area contributed by atoms with Crippen LogP contribution in [0.3, 0.4) is 0 Å². The Bertz CT molecular complexity index is 747. The first-order valence-corrected chi connectivity index (χ1v) is 9.49. The Kier molecular flexibility index (Phi) is 6.39. The van der Waals surface area contributed by atoms with E-state index in [0.29, 0.717) is 11.8 Å². The molecule has 7 heteroatoms. The smallest absolute Gasteiger partial charge is 0.202 e. The van der Waals surface area contributed by atoms with Crippen LogP contribution in [0.2, 0.25) is 0 Å². The molecule has 1 fully saturated rings. The summed E-state index contributed by atoms with van der Waals surface area (Å²) in [6, 6.07) is 6.25. The Balaban J connectivity index is 1.79. The van der Waals surface area contributed by atoms with Gasteiger partial charge in [0.1, 0.15) is 18.0 Å². The fourth-order valence-corrected chi connectivity index (χ4v) is 3.35. The van der Waals surface area contributed by atoms with Gasteiger partial charge in [-0.1, -0.05) is 6.07 Å². The number of nitrogens with zero attached hydrogens (tertiary/aromatic N) is 1. The summed E-state index contributed by atoms with van der Waals surface area (Å²) < 4.78 is 11.7. The third-order valence-corrected chi connectivity index (χ3v) is 5.34. The molecule has 4 atom stereocenters. The predicted octanol–water partition coefficient (Wildman–Crippen LogP) is 1.26. The van der Waals surface area contributed by atoms with Crippen molar-refractivity contribution in [3.63, 3.8) is 0 Å². The molecule has 0 amide bonds. The Morgan fingerprint density at radius 1 is 1.33 bits per heavy atom. The Morgan fingerprint density at radius 3 is 2.81 bits per heavy atom. The summed E-state index contributed by atoms with van der Waals surface area (Å²) in [5.41, 5.74) is 2.13. The van der Waals surface area contributed by atoms with Crippen LogP contribution in [0.1, 0.15) is 25.8 Å². The number of aromatic amines is 1. The van der Waals surface area contributed by atoms with E-state index in [1.807, 2.05) is 24.4 Å². The summed E-state index contributed by atoms with van der Waals surface area (Å²) in [4.78, 5) is 5.57. The number of ether oxygens (including phenoxy) is 2. The number of aromatic nitrogens is 1. The van der Waals surface area contributed by atoms with Crippen LogP contribution in [0.15, 0.2) is 24.4 Å². The normalized spacial score (nSPS) is 26.2. The Hall–Kier alpha value is -1.64. The topological polar surface area (TPSA) is 98.2 Å². The highest BCUT2D eigenvalue weighted by Gasteiger charge is 2.37. The number of H-pyrrole nitrogens is 1. The molecule has 1 saturated heterocycles. The zero-order valence-corrected chi connectivity index (χ0v) is 16.1. The Labute approximate surface area is 159 Å². The zero-order valence-electron chi connectivity index (χ0n) is 16.1. The van der Waals surface area contributed by atoms with Crippen molar-refractivity contribution in [3.05, 3.63) is 30.0 Å². The Morgan fingerprint density at radius 2 is 2.11 bits per heavy atom. The molecule has 2 aromatic rings. The van der Waals surface area contributed by atoms with Gasteiger partial charge >= 0.3 is 0 Å². The fourth-order valence-electron chi connectivity index (χ4n) is 3.35. The van der Waals surface area contributed by atoms with Gasteiger partial charge in [-0.2, -0.15) is 0 Å². The third kappa shape index (κ3) is 4.44. The minimum Gasteiger partial charge on any atom is -0.464 e. The average molecular weight is 378 g/mol. The van der Waals surface area contributed by atoms with Crippen LogP contribution < -0.4 is 4.74 Å². The quantitative estimate of drug-likeness (QED) is 0.579. The third-order valence-electron chi connectivity index (χ3n) is 5.34. The summed E-state index contributed by atoms with van der Waals surface area (Å²) in [6.07, 6.45) is -0.672. The van der Waals surface area contributed by atoms with Crippen molar-refractivity contribution >= 4 is 10.9 Å². The molecule has 27 heavy (non-hydrogen) atoms. The summed E-state index contributed by atoms with van der Waals surface area (Å²) in [5.74, 6) is 0.668. The van der Waals surface area contributed by atoms with Crippen LogP contribution in [0.25, 0.3) is 10.9 Å². The van der Waals surface area contributed by atoms with Gasteiger partial charge in [0.05, 0.1) is 12.7 Å². The fraction of sp³-hybridized carbons (Fsp3) is 0.600. The van der Waals surface area contributed by atoms with Crippen LogP contribution in [0, 0.1) is 0 Å². The molecule has 2 heterocycles. The number of aliphatic hydroxyl groups excluding tert-OH is 3. The highest BCUT2D eigenvalue weighted by molar-refractivity contribution is 5.89. The number of benzene rings is 1. The van der Waals surface area contributed by atoms with E-state index in [-0.39, 0.29) is 13.0 Å². The largest absolute Gasteiger partial charge is 0.464 e. The van der Waals surface area contributed by atoms with Gasteiger partial charge in [-0.3, -0.25) is 0 Å². The number of fused-ring (bicyclic) bond motifs is 1. The van der Waals surface area contributed by atoms with E-state index in [1.165, 1.54) is 0 Å². The molecule has 1 aromatic heterocycles. The molecule has 7 nitrogen and oxygen atoms in total.